The van der Waals surface area contributed by atoms with Crippen LogP contribution >= 0.6 is 0 Å². The average Bonchev–Trinajstić information content (AvgIpc) is 3.15. The molecule has 0 aliphatic carbocycles. The maximum Gasteiger partial charge on any atom is 0.257 e. The topological polar surface area (TPSA) is 76.4 Å². The van der Waals surface area contributed by atoms with Crippen LogP contribution < -0.4 is 15.4 Å². The number of hydrogen-bond donors (Lipinski definition) is 2. The maximum absolute atomic E-state index is 12.4. The average molecular weight is 351 g/mol. The van der Waals surface area contributed by atoms with Crippen molar-refractivity contribution in [3.8, 4) is 5.75 Å². The lowest BCUT2D eigenvalue weighted by molar-refractivity contribution is 0.102. The molecule has 0 saturated carbocycles. The van der Waals surface area contributed by atoms with Gasteiger partial charge in [0.05, 0.1) is 30.2 Å². The third-order valence-corrected chi connectivity index (χ3v) is 3.53. The van der Waals surface area contributed by atoms with Gasteiger partial charge in [-0.15, -0.1) is 0 Å². The molecule has 0 saturated heterocycles. The van der Waals surface area contributed by atoms with Crippen molar-refractivity contribution in [3.05, 3.63) is 72.4 Å². The number of furan rings is 1. The molecule has 0 fully saturated rings. The highest BCUT2D eigenvalue weighted by Crippen LogP contribution is 2.18. The molecule has 6 heteroatoms. The highest BCUT2D eigenvalue weighted by molar-refractivity contribution is 6.04. The number of benzene rings is 1. The molecule has 3 rings (SSSR count). The molecule has 0 radical (unpaired) electrons. The van der Waals surface area contributed by atoms with Crippen molar-refractivity contribution in [2.75, 3.05) is 10.6 Å². The summed E-state index contributed by atoms with van der Waals surface area (Å²) in [6, 6.07) is 12.7. The molecule has 0 atom stereocenters. The summed E-state index contributed by atoms with van der Waals surface area (Å²) in [6.45, 7) is 4.46. The fourth-order valence-electron chi connectivity index (χ4n) is 2.36. The first-order chi connectivity index (χ1) is 12.6. The van der Waals surface area contributed by atoms with Crippen LogP contribution in [-0.4, -0.2) is 17.0 Å². The number of ether oxygens (including phenoxy) is 1. The summed E-state index contributed by atoms with van der Waals surface area (Å²) >= 11 is 0. The molecule has 2 N–H and O–H groups in total. The number of carbonyl (C=O) groups excluding carboxylic acids is 1. The number of amides is 1. The van der Waals surface area contributed by atoms with Gasteiger partial charge in [-0.1, -0.05) is 0 Å². The van der Waals surface area contributed by atoms with E-state index >= 15 is 0 Å². The summed E-state index contributed by atoms with van der Waals surface area (Å²) in [5, 5.41) is 6.03. The molecule has 0 aliphatic heterocycles. The zero-order valence-corrected chi connectivity index (χ0v) is 14.7. The Morgan fingerprint density at radius 3 is 2.65 bits per heavy atom. The number of nitrogens with zero attached hydrogens (tertiary/aromatic N) is 1. The number of rotatable bonds is 7. The fourth-order valence-corrected chi connectivity index (χ4v) is 2.36. The Morgan fingerprint density at radius 1 is 1.15 bits per heavy atom. The van der Waals surface area contributed by atoms with Gasteiger partial charge in [0, 0.05) is 18.1 Å². The molecule has 134 valence electrons. The standard InChI is InChI=1S/C20H21N3O3/c1-14(2)26-18-7-5-16(6-8-18)23-20(24)15-10-17(12-21-11-15)22-13-19-4-3-9-25-19/h3-12,14,22H,13H2,1-2H3,(H,23,24). The highest BCUT2D eigenvalue weighted by Gasteiger charge is 2.08. The van der Waals surface area contributed by atoms with Gasteiger partial charge in [-0.3, -0.25) is 9.78 Å². The number of hydrogen-bond acceptors (Lipinski definition) is 5. The SMILES string of the molecule is CC(C)Oc1ccc(NC(=O)c2cncc(NCc3ccco3)c2)cc1. The Labute approximate surface area is 152 Å². The van der Waals surface area contributed by atoms with Crippen LogP contribution in [0.3, 0.4) is 0 Å². The Bertz CT molecular complexity index is 843. The van der Waals surface area contributed by atoms with Crippen LogP contribution in [0.15, 0.2) is 65.5 Å². The van der Waals surface area contributed by atoms with Gasteiger partial charge in [-0.05, 0) is 56.3 Å². The zero-order chi connectivity index (χ0) is 18.4. The van der Waals surface area contributed by atoms with Gasteiger partial charge >= 0.3 is 0 Å². The third-order valence-electron chi connectivity index (χ3n) is 3.53. The predicted octanol–water partition coefficient (Wildman–Crippen LogP) is 4.33. The van der Waals surface area contributed by atoms with Gasteiger partial charge in [-0.2, -0.15) is 0 Å². The van der Waals surface area contributed by atoms with Crippen LogP contribution in [0, 0.1) is 0 Å². The molecule has 1 aromatic carbocycles. The Hall–Kier alpha value is -3.28. The zero-order valence-electron chi connectivity index (χ0n) is 14.7. The van der Waals surface area contributed by atoms with Crippen molar-refractivity contribution in [1.29, 1.82) is 0 Å². The number of nitrogens with one attached hydrogen (secondary N) is 2. The molecule has 0 spiro atoms. The molecule has 2 aromatic heterocycles. The van der Waals surface area contributed by atoms with E-state index in [2.05, 4.69) is 15.6 Å². The smallest absolute Gasteiger partial charge is 0.257 e. The van der Waals surface area contributed by atoms with Gasteiger partial charge in [0.1, 0.15) is 11.5 Å². The van der Waals surface area contributed by atoms with E-state index in [1.165, 1.54) is 6.20 Å². The highest BCUT2D eigenvalue weighted by atomic mass is 16.5. The Morgan fingerprint density at radius 2 is 1.96 bits per heavy atom. The fraction of sp³-hybridized carbons (Fsp3) is 0.200. The van der Waals surface area contributed by atoms with Gasteiger partial charge in [0.15, 0.2) is 0 Å². The summed E-state index contributed by atoms with van der Waals surface area (Å²) in [4.78, 5) is 16.6. The Balaban J connectivity index is 1.61. The molecule has 0 aliphatic rings. The molecule has 6 nitrogen and oxygen atoms in total. The molecule has 3 aromatic rings. The van der Waals surface area contributed by atoms with Gasteiger partial charge in [0.2, 0.25) is 0 Å². The van der Waals surface area contributed by atoms with Crippen molar-refractivity contribution in [3.63, 3.8) is 0 Å². The number of pyridine rings is 1. The minimum Gasteiger partial charge on any atom is -0.491 e. The molecule has 1 amide bonds. The summed E-state index contributed by atoms with van der Waals surface area (Å²) in [5.74, 6) is 1.35. The molecule has 0 unspecified atom stereocenters. The maximum atomic E-state index is 12.4. The second-order valence-electron chi connectivity index (χ2n) is 6.04. The van der Waals surface area contributed by atoms with Crippen LogP contribution in [0.1, 0.15) is 30.0 Å². The largest absolute Gasteiger partial charge is 0.491 e. The lowest BCUT2D eigenvalue weighted by atomic mass is 10.2. The van der Waals surface area contributed by atoms with Crippen molar-refractivity contribution in [1.82, 2.24) is 4.98 Å². The first-order valence-corrected chi connectivity index (χ1v) is 8.39. The molecule has 0 bridgehead atoms. The van der Waals surface area contributed by atoms with Crippen LogP contribution in [-0.2, 0) is 6.54 Å². The second-order valence-corrected chi connectivity index (χ2v) is 6.04. The number of carbonyl (C=O) groups is 1. The molecule has 26 heavy (non-hydrogen) atoms. The van der Waals surface area contributed by atoms with E-state index in [-0.39, 0.29) is 12.0 Å². The van der Waals surface area contributed by atoms with E-state index in [1.54, 1.807) is 18.5 Å². The molecular weight excluding hydrogens is 330 g/mol. The summed E-state index contributed by atoms with van der Waals surface area (Å²) < 4.78 is 10.9. The van der Waals surface area contributed by atoms with Crippen molar-refractivity contribution in [2.24, 2.45) is 0 Å². The van der Waals surface area contributed by atoms with E-state index in [9.17, 15) is 4.79 Å². The van der Waals surface area contributed by atoms with Gasteiger partial charge in [-0.25, -0.2) is 0 Å². The van der Waals surface area contributed by atoms with Crippen LogP contribution in [0.4, 0.5) is 11.4 Å². The minimum atomic E-state index is -0.225. The molecule has 2 heterocycles. The summed E-state index contributed by atoms with van der Waals surface area (Å²) in [7, 11) is 0. The first kappa shape index (κ1) is 17.5. The number of aromatic nitrogens is 1. The van der Waals surface area contributed by atoms with Crippen molar-refractivity contribution >= 4 is 17.3 Å². The van der Waals surface area contributed by atoms with Crippen molar-refractivity contribution in [2.45, 2.75) is 26.5 Å². The van der Waals surface area contributed by atoms with Gasteiger partial charge in [0.25, 0.3) is 5.91 Å². The van der Waals surface area contributed by atoms with E-state index < -0.39 is 0 Å². The normalized spacial score (nSPS) is 10.6. The summed E-state index contributed by atoms with van der Waals surface area (Å²) in [5.41, 5.74) is 1.91. The van der Waals surface area contributed by atoms with E-state index in [1.807, 2.05) is 50.2 Å². The quantitative estimate of drug-likeness (QED) is 0.663. The second kappa shape index (κ2) is 8.20. The first-order valence-electron chi connectivity index (χ1n) is 8.39. The lowest BCUT2D eigenvalue weighted by Gasteiger charge is -2.11. The van der Waals surface area contributed by atoms with Crippen LogP contribution in [0.25, 0.3) is 0 Å². The minimum absolute atomic E-state index is 0.109. The lowest BCUT2D eigenvalue weighted by Crippen LogP contribution is -2.13. The van der Waals surface area contributed by atoms with Gasteiger partial charge < -0.3 is 19.8 Å². The van der Waals surface area contributed by atoms with E-state index in [0.717, 1.165) is 17.2 Å². The van der Waals surface area contributed by atoms with Crippen LogP contribution in [0.2, 0.25) is 0 Å². The summed E-state index contributed by atoms with van der Waals surface area (Å²) in [6.07, 6.45) is 4.93. The van der Waals surface area contributed by atoms with E-state index in [0.29, 0.717) is 17.8 Å². The predicted molar refractivity (Wildman–Crippen MR) is 100 cm³/mol. The monoisotopic (exact) mass is 351 g/mol. The third kappa shape index (κ3) is 4.86. The Kier molecular flexibility index (Phi) is 5.53. The number of anilines is 2. The van der Waals surface area contributed by atoms with Crippen molar-refractivity contribution < 1.29 is 13.9 Å². The van der Waals surface area contributed by atoms with Crippen LogP contribution in [0.5, 0.6) is 5.75 Å². The molecular formula is C20H21N3O3. The van der Waals surface area contributed by atoms with E-state index in [4.69, 9.17) is 9.15 Å².